The van der Waals surface area contributed by atoms with Crippen molar-refractivity contribution in [2.24, 2.45) is 5.84 Å². The Balaban J connectivity index is 2.79. The molecule has 1 rings (SSSR count). The zero-order chi connectivity index (χ0) is 11.1. The third-order valence-electron chi connectivity index (χ3n) is 1.96. The van der Waals surface area contributed by atoms with E-state index in [0.717, 1.165) is 18.8 Å². The molecule has 0 atom stereocenters. The maximum Gasteiger partial charge on any atom is 0.160 e. The van der Waals surface area contributed by atoms with E-state index in [9.17, 15) is 0 Å². The van der Waals surface area contributed by atoms with E-state index in [-0.39, 0.29) is 6.61 Å². The Morgan fingerprint density at radius 1 is 1.47 bits per heavy atom. The van der Waals surface area contributed by atoms with Gasteiger partial charge in [-0.15, -0.1) is 0 Å². The van der Waals surface area contributed by atoms with Crippen molar-refractivity contribution in [1.29, 1.82) is 0 Å². The topological polar surface area (TPSA) is 87.3 Å². The molecule has 0 aromatic carbocycles. The van der Waals surface area contributed by atoms with Gasteiger partial charge in [0.2, 0.25) is 0 Å². The number of hydrogen-bond donors (Lipinski definition) is 3. The summed E-state index contributed by atoms with van der Waals surface area (Å²) in [6.45, 7) is 3.56. The molecule has 6 nitrogen and oxygen atoms in total. The van der Waals surface area contributed by atoms with Crippen LogP contribution in [0.5, 0.6) is 0 Å². The second-order valence-corrected chi connectivity index (χ2v) is 3.12. The molecule has 0 unspecified atom stereocenters. The van der Waals surface area contributed by atoms with Gasteiger partial charge < -0.3 is 15.4 Å². The van der Waals surface area contributed by atoms with Crippen molar-refractivity contribution in [1.82, 2.24) is 9.97 Å². The van der Waals surface area contributed by atoms with Crippen molar-refractivity contribution in [3.63, 3.8) is 0 Å². The highest BCUT2D eigenvalue weighted by atomic mass is 16.3. The van der Waals surface area contributed by atoms with E-state index in [2.05, 4.69) is 22.3 Å². The number of nitrogens with one attached hydrogen (secondary N) is 1. The molecule has 0 bridgehead atoms. The average molecular weight is 211 g/mol. The van der Waals surface area contributed by atoms with Crippen LogP contribution in [-0.4, -0.2) is 34.8 Å². The van der Waals surface area contributed by atoms with Crippen molar-refractivity contribution in [2.75, 3.05) is 30.0 Å². The normalized spacial score (nSPS) is 10.1. The molecule has 0 amide bonds. The summed E-state index contributed by atoms with van der Waals surface area (Å²) >= 11 is 0. The van der Waals surface area contributed by atoms with E-state index in [1.807, 2.05) is 4.90 Å². The molecular formula is C9H17N5O. The molecule has 0 aliphatic carbocycles. The molecule has 84 valence electrons. The molecule has 0 spiro atoms. The number of nitrogens with two attached hydrogens (primary N) is 1. The van der Waals surface area contributed by atoms with Crippen LogP contribution in [0.3, 0.4) is 0 Å². The Kier molecular flexibility index (Phi) is 4.79. The van der Waals surface area contributed by atoms with Crippen LogP contribution >= 0.6 is 0 Å². The summed E-state index contributed by atoms with van der Waals surface area (Å²) in [4.78, 5) is 10.2. The third-order valence-corrected chi connectivity index (χ3v) is 1.96. The number of anilines is 2. The molecule has 1 aromatic rings. The molecule has 0 saturated heterocycles. The molecule has 1 heterocycles. The predicted octanol–water partition coefficient (Wildman–Crippen LogP) is -0.0291. The van der Waals surface area contributed by atoms with E-state index in [1.54, 1.807) is 12.4 Å². The SMILES string of the molecule is CCCN(CCO)c1cncc(NN)n1. The second-order valence-electron chi connectivity index (χ2n) is 3.12. The van der Waals surface area contributed by atoms with Crippen LogP contribution in [0.4, 0.5) is 11.6 Å². The minimum Gasteiger partial charge on any atom is -0.395 e. The van der Waals surface area contributed by atoms with Gasteiger partial charge in [0.05, 0.1) is 19.0 Å². The first kappa shape index (κ1) is 11.7. The number of aliphatic hydroxyl groups is 1. The maximum atomic E-state index is 8.92. The van der Waals surface area contributed by atoms with Crippen LogP contribution < -0.4 is 16.2 Å². The minimum atomic E-state index is 0.0992. The Morgan fingerprint density at radius 3 is 2.87 bits per heavy atom. The van der Waals surface area contributed by atoms with Gasteiger partial charge in [0.15, 0.2) is 5.82 Å². The first-order valence-electron chi connectivity index (χ1n) is 4.96. The predicted molar refractivity (Wildman–Crippen MR) is 59.4 cm³/mol. The molecule has 6 heteroatoms. The Morgan fingerprint density at radius 2 is 2.27 bits per heavy atom. The third kappa shape index (κ3) is 3.34. The number of nitrogen functional groups attached to an aromatic ring is 1. The standard InChI is InChI=1S/C9H17N5O/c1-2-3-14(4-5-15)9-7-11-6-8(12-9)13-10/h6-7,15H,2-5,10H2,1H3,(H,12,13). The van der Waals surface area contributed by atoms with E-state index in [0.29, 0.717) is 12.4 Å². The molecule has 0 radical (unpaired) electrons. The quantitative estimate of drug-likeness (QED) is 0.452. The van der Waals surface area contributed by atoms with E-state index in [1.165, 1.54) is 0 Å². The highest BCUT2D eigenvalue weighted by Gasteiger charge is 2.07. The Hall–Kier alpha value is -1.40. The summed E-state index contributed by atoms with van der Waals surface area (Å²) in [5, 5.41) is 8.92. The Bertz CT molecular complexity index is 288. The zero-order valence-corrected chi connectivity index (χ0v) is 8.85. The van der Waals surface area contributed by atoms with Gasteiger partial charge in [0.1, 0.15) is 5.82 Å². The van der Waals surface area contributed by atoms with Crippen molar-refractivity contribution < 1.29 is 5.11 Å². The molecule has 0 saturated carbocycles. The van der Waals surface area contributed by atoms with Gasteiger partial charge in [-0.1, -0.05) is 6.92 Å². The highest BCUT2D eigenvalue weighted by molar-refractivity contribution is 5.43. The van der Waals surface area contributed by atoms with Gasteiger partial charge >= 0.3 is 0 Å². The molecular weight excluding hydrogens is 194 g/mol. The van der Waals surface area contributed by atoms with Crippen LogP contribution in [0.2, 0.25) is 0 Å². The molecule has 4 N–H and O–H groups in total. The monoisotopic (exact) mass is 211 g/mol. The van der Waals surface area contributed by atoms with Crippen LogP contribution in [0.25, 0.3) is 0 Å². The fourth-order valence-corrected chi connectivity index (χ4v) is 1.31. The average Bonchev–Trinajstić information content (AvgIpc) is 2.29. The summed E-state index contributed by atoms with van der Waals surface area (Å²) in [7, 11) is 0. The van der Waals surface area contributed by atoms with Gasteiger partial charge in [0, 0.05) is 13.1 Å². The number of rotatable bonds is 6. The Labute approximate surface area is 89.1 Å². The number of aliphatic hydroxyl groups excluding tert-OH is 1. The van der Waals surface area contributed by atoms with Crippen molar-refractivity contribution in [3.05, 3.63) is 12.4 Å². The van der Waals surface area contributed by atoms with Gasteiger partial charge in [0.25, 0.3) is 0 Å². The van der Waals surface area contributed by atoms with E-state index < -0.39 is 0 Å². The minimum absolute atomic E-state index is 0.0992. The number of nitrogens with zero attached hydrogens (tertiary/aromatic N) is 3. The lowest BCUT2D eigenvalue weighted by Gasteiger charge is -2.21. The molecule has 1 aromatic heterocycles. The zero-order valence-electron chi connectivity index (χ0n) is 8.85. The molecule has 0 aliphatic heterocycles. The van der Waals surface area contributed by atoms with E-state index >= 15 is 0 Å². The lowest BCUT2D eigenvalue weighted by Crippen LogP contribution is -2.28. The summed E-state index contributed by atoms with van der Waals surface area (Å²) in [6.07, 6.45) is 4.20. The van der Waals surface area contributed by atoms with Crippen LogP contribution in [0.1, 0.15) is 13.3 Å². The largest absolute Gasteiger partial charge is 0.395 e. The van der Waals surface area contributed by atoms with Crippen molar-refractivity contribution in [3.8, 4) is 0 Å². The smallest absolute Gasteiger partial charge is 0.160 e. The van der Waals surface area contributed by atoms with Gasteiger partial charge in [-0.05, 0) is 6.42 Å². The van der Waals surface area contributed by atoms with Crippen LogP contribution in [-0.2, 0) is 0 Å². The lowest BCUT2D eigenvalue weighted by molar-refractivity contribution is 0.301. The van der Waals surface area contributed by atoms with E-state index in [4.69, 9.17) is 10.9 Å². The fourth-order valence-electron chi connectivity index (χ4n) is 1.31. The first-order chi connectivity index (χ1) is 7.31. The molecule has 15 heavy (non-hydrogen) atoms. The first-order valence-corrected chi connectivity index (χ1v) is 4.96. The van der Waals surface area contributed by atoms with Gasteiger partial charge in [-0.3, -0.25) is 4.98 Å². The summed E-state index contributed by atoms with van der Waals surface area (Å²) in [6, 6.07) is 0. The molecule has 0 fully saturated rings. The highest BCUT2D eigenvalue weighted by Crippen LogP contribution is 2.11. The van der Waals surface area contributed by atoms with Gasteiger partial charge in [-0.2, -0.15) is 0 Å². The number of hydrazine groups is 1. The number of hydrogen-bond acceptors (Lipinski definition) is 6. The van der Waals surface area contributed by atoms with Gasteiger partial charge in [-0.25, -0.2) is 10.8 Å². The maximum absolute atomic E-state index is 8.92. The van der Waals surface area contributed by atoms with Crippen molar-refractivity contribution in [2.45, 2.75) is 13.3 Å². The second kappa shape index (κ2) is 6.15. The molecule has 0 aliphatic rings. The van der Waals surface area contributed by atoms with Crippen LogP contribution in [0, 0.1) is 0 Å². The summed E-state index contributed by atoms with van der Waals surface area (Å²) < 4.78 is 0. The fraction of sp³-hybridized carbons (Fsp3) is 0.556. The number of aromatic nitrogens is 2. The van der Waals surface area contributed by atoms with Crippen molar-refractivity contribution >= 4 is 11.6 Å². The summed E-state index contributed by atoms with van der Waals surface area (Å²) in [5.41, 5.74) is 2.44. The lowest BCUT2D eigenvalue weighted by atomic mass is 10.4. The van der Waals surface area contributed by atoms with Crippen LogP contribution in [0.15, 0.2) is 12.4 Å². The summed E-state index contributed by atoms with van der Waals surface area (Å²) in [5.74, 6) is 6.49.